The van der Waals surface area contributed by atoms with Gasteiger partial charge < -0.3 is 34.4 Å². The summed E-state index contributed by atoms with van der Waals surface area (Å²) < 4.78 is 19.0. The number of esters is 1. The van der Waals surface area contributed by atoms with Crippen LogP contribution in [0.3, 0.4) is 0 Å². The average Bonchev–Trinajstić information content (AvgIpc) is 3.65. The van der Waals surface area contributed by atoms with E-state index in [0.29, 0.717) is 23.0 Å². The Hall–Kier alpha value is -3.06. The van der Waals surface area contributed by atoms with Gasteiger partial charge in [-0.25, -0.2) is 0 Å². The van der Waals surface area contributed by atoms with E-state index in [2.05, 4.69) is 28.2 Å². The number of nitrogens with zero attached hydrogens (tertiary/aromatic N) is 2. The van der Waals surface area contributed by atoms with Crippen molar-refractivity contribution in [2.45, 2.75) is 88.8 Å². The van der Waals surface area contributed by atoms with E-state index in [9.17, 15) is 24.3 Å². The van der Waals surface area contributed by atoms with Crippen molar-refractivity contribution in [1.82, 2.24) is 15.1 Å². The molecule has 4 aliphatic rings. The lowest BCUT2D eigenvalue weighted by molar-refractivity contribution is -0.163. The molecule has 1 spiro atoms. The summed E-state index contributed by atoms with van der Waals surface area (Å²) in [6, 6.07) is 6.59. The molecule has 8 atom stereocenters. The molecule has 5 bridgehead atoms. The van der Waals surface area contributed by atoms with Crippen LogP contribution in [0, 0.1) is 17.8 Å². The van der Waals surface area contributed by atoms with Crippen molar-refractivity contribution >= 4 is 39.6 Å². The molecule has 48 heavy (non-hydrogen) atoms. The fraction of sp³-hybridized carbons (Fsp3) is 0.611. The van der Waals surface area contributed by atoms with E-state index >= 15 is 0 Å². The predicted octanol–water partition coefficient (Wildman–Crippen LogP) is 3.66. The fourth-order valence-electron chi connectivity index (χ4n) is 7.63. The Morgan fingerprint density at radius 2 is 1.83 bits per heavy atom. The number of nitrogens with one attached hydrogen (secondary N) is 1. The number of rotatable bonds is 10. The maximum absolute atomic E-state index is 14.8. The summed E-state index contributed by atoms with van der Waals surface area (Å²) >= 11 is 3.61. The zero-order valence-electron chi connectivity index (χ0n) is 28.2. The van der Waals surface area contributed by atoms with Crippen LogP contribution >= 0.6 is 15.9 Å². The highest BCUT2D eigenvalue weighted by Gasteiger charge is 2.75. The summed E-state index contributed by atoms with van der Waals surface area (Å²) in [5, 5.41) is 13.6. The molecule has 0 unspecified atom stereocenters. The molecule has 2 fully saturated rings. The van der Waals surface area contributed by atoms with E-state index in [1.54, 1.807) is 11.0 Å². The first-order valence-corrected chi connectivity index (χ1v) is 17.8. The van der Waals surface area contributed by atoms with Crippen molar-refractivity contribution < 1.29 is 38.5 Å². The molecule has 1 aromatic carbocycles. The number of benzene rings is 1. The van der Waals surface area contributed by atoms with Crippen LogP contribution in [0.1, 0.15) is 64.5 Å². The lowest BCUT2D eigenvalue weighted by atomic mass is 9.74. The summed E-state index contributed by atoms with van der Waals surface area (Å²) in [5.74, 6) is -3.98. The number of ether oxygens (including phenoxy) is 3. The van der Waals surface area contributed by atoms with E-state index in [1.807, 2.05) is 56.3 Å². The van der Waals surface area contributed by atoms with Gasteiger partial charge in [-0.3, -0.25) is 19.2 Å². The first-order valence-electron chi connectivity index (χ1n) is 17.1. The normalized spacial score (nSPS) is 32.3. The highest BCUT2D eigenvalue weighted by Crippen LogP contribution is 2.59. The Morgan fingerprint density at radius 1 is 1.08 bits per heavy atom. The number of fused-ring (bicyclic) bond motifs is 2. The molecule has 12 heteroatoms. The largest absolute Gasteiger partial charge is 0.455 e. The van der Waals surface area contributed by atoms with Crippen LogP contribution in [0.4, 0.5) is 0 Å². The molecule has 3 amide bonds. The number of aliphatic hydroxyl groups excluding tert-OH is 1. The number of allylic oxidation sites excluding steroid dienone is 1. The van der Waals surface area contributed by atoms with Crippen LogP contribution in [0.2, 0.25) is 0 Å². The summed E-state index contributed by atoms with van der Waals surface area (Å²) in [6.45, 7) is 6.32. The van der Waals surface area contributed by atoms with Crippen molar-refractivity contribution in [3.05, 3.63) is 58.6 Å². The van der Waals surface area contributed by atoms with Crippen LogP contribution in [0.5, 0.6) is 0 Å². The van der Waals surface area contributed by atoms with Gasteiger partial charge in [-0.1, -0.05) is 92.0 Å². The zero-order chi connectivity index (χ0) is 34.6. The lowest BCUT2D eigenvalue weighted by Crippen LogP contribution is -2.59. The summed E-state index contributed by atoms with van der Waals surface area (Å²) in [4.78, 5) is 60.3. The second kappa shape index (κ2) is 15.7. The monoisotopic (exact) mass is 729 g/mol. The van der Waals surface area contributed by atoms with Gasteiger partial charge >= 0.3 is 5.97 Å². The topological polar surface area (TPSA) is 135 Å². The predicted molar refractivity (Wildman–Crippen MR) is 182 cm³/mol. The van der Waals surface area contributed by atoms with E-state index in [0.717, 1.165) is 19.3 Å². The maximum atomic E-state index is 14.8. The molecule has 4 aliphatic heterocycles. The van der Waals surface area contributed by atoms with Crippen LogP contribution in [-0.4, -0.2) is 102 Å². The first kappa shape index (κ1) is 36.2. The second-order valence-electron chi connectivity index (χ2n) is 13.5. The Balaban J connectivity index is 1.64. The molecule has 0 aliphatic carbocycles. The summed E-state index contributed by atoms with van der Waals surface area (Å²) in [5.41, 5.74) is -0.804. The summed E-state index contributed by atoms with van der Waals surface area (Å²) in [7, 11) is 1.51. The summed E-state index contributed by atoms with van der Waals surface area (Å²) in [6.07, 6.45) is 7.02. The zero-order valence-corrected chi connectivity index (χ0v) is 29.8. The number of hydrogen-bond acceptors (Lipinski definition) is 8. The quantitative estimate of drug-likeness (QED) is 0.212. The number of aliphatic hydroxyl groups is 1. The van der Waals surface area contributed by atoms with Crippen LogP contribution in [-0.2, 0) is 33.4 Å². The van der Waals surface area contributed by atoms with Gasteiger partial charge in [0.2, 0.25) is 17.7 Å². The molecule has 2 N–H and O–H groups in total. The molecule has 5 rings (SSSR count). The van der Waals surface area contributed by atoms with Gasteiger partial charge in [-0.2, -0.15) is 0 Å². The SMILES string of the molecule is CCCCCN1C/C=C\CCC(=O)N[C@H](COC)[C@@H](c2ccccc2)OC(=O)[C@@H]2[C@H]3O[C@@]4(C=C3Br)[C@H](C1=O)N([C@@H](CO)C(C)C)C(=O)[C@@H]24. The van der Waals surface area contributed by atoms with Crippen molar-refractivity contribution in [2.24, 2.45) is 17.8 Å². The number of cyclic esters (lactones) is 1. The Kier molecular flexibility index (Phi) is 11.8. The maximum Gasteiger partial charge on any atom is 0.313 e. The Morgan fingerprint density at radius 3 is 2.50 bits per heavy atom. The minimum atomic E-state index is -1.45. The van der Waals surface area contributed by atoms with Crippen molar-refractivity contribution in [1.29, 1.82) is 0 Å². The van der Waals surface area contributed by atoms with Crippen molar-refractivity contribution in [2.75, 3.05) is 33.4 Å². The molecule has 0 saturated carbocycles. The van der Waals surface area contributed by atoms with Crippen LogP contribution < -0.4 is 5.32 Å². The minimum Gasteiger partial charge on any atom is -0.455 e. The number of halogens is 1. The van der Waals surface area contributed by atoms with Crippen molar-refractivity contribution in [3.8, 4) is 0 Å². The van der Waals surface area contributed by atoms with Crippen LogP contribution in [0.25, 0.3) is 0 Å². The van der Waals surface area contributed by atoms with Gasteiger partial charge in [0.05, 0.1) is 31.2 Å². The minimum absolute atomic E-state index is 0.0680. The molecule has 0 radical (unpaired) electrons. The first-order chi connectivity index (χ1) is 23.1. The standard InChI is InChI=1S/C36H48BrN3O8/c1-5-6-12-17-39-18-13-8-11-16-27(42)38-25(21-46-4)30(23-14-9-7-10-15-23)47-35(45)28-29-33(43)40(26(20-41)22(2)3)32(34(39)44)36(29)19-24(37)31(28)48-36/h7-10,13-15,19,22,25-26,28-32,41H,5-6,11-12,16-18,20-21H2,1-4H3,(H,38,42)/b13-8-/t25-,26+,28+,29-,30-,31+,32+,36-/m1/s1. The Bertz CT molecular complexity index is 1400. The lowest BCUT2D eigenvalue weighted by Gasteiger charge is -2.40. The van der Waals surface area contributed by atoms with Crippen molar-refractivity contribution in [3.63, 3.8) is 0 Å². The number of methoxy groups -OCH3 is 1. The number of carbonyl (C=O) groups excluding carboxylic acids is 4. The van der Waals surface area contributed by atoms with Gasteiger partial charge in [0, 0.05) is 31.1 Å². The second-order valence-corrected chi connectivity index (χ2v) is 14.4. The molecule has 4 heterocycles. The molecular weight excluding hydrogens is 682 g/mol. The Labute approximate surface area is 291 Å². The van der Waals surface area contributed by atoms with Gasteiger partial charge in [0.15, 0.2) is 0 Å². The van der Waals surface area contributed by atoms with Gasteiger partial charge in [0.25, 0.3) is 0 Å². The number of likely N-dealkylation sites (tertiary alicyclic amines) is 1. The molecular formula is C36H48BrN3O8. The van der Waals surface area contributed by atoms with Crippen LogP contribution in [0.15, 0.2) is 53.0 Å². The van der Waals surface area contributed by atoms with Gasteiger partial charge in [-0.15, -0.1) is 0 Å². The average molecular weight is 731 g/mol. The smallest absolute Gasteiger partial charge is 0.313 e. The number of unbranched alkanes of at least 4 members (excludes halogenated alkanes) is 2. The third-order valence-corrected chi connectivity index (χ3v) is 10.7. The van der Waals surface area contributed by atoms with Gasteiger partial charge in [0.1, 0.15) is 29.8 Å². The molecule has 1 aromatic rings. The fourth-order valence-corrected chi connectivity index (χ4v) is 8.36. The molecule has 2 saturated heterocycles. The third-order valence-electron chi connectivity index (χ3n) is 9.99. The third kappa shape index (κ3) is 6.86. The molecule has 262 valence electrons. The van der Waals surface area contributed by atoms with E-state index < -0.39 is 59.6 Å². The number of amides is 3. The van der Waals surface area contributed by atoms with E-state index in [4.69, 9.17) is 14.2 Å². The highest BCUT2D eigenvalue weighted by atomic mass is 79.9. The molecule has 11 nitrogen and oxygen atoms in total. The number of hydrogen-bond donors (Lipinski definition) is 2. The van der Waals surface area contributed by atoms with Gasteiger partial charge in [-0.05, 0) is 30.4 Å². The van der Waals surface area contributed by atoms with E-state index in [-0.39, 0.29) is 43.9 Å². The highest BCUT2D eigenvalue weighted by molar-refractivity contribution is 9.11. The van der Waals surface area contributed by atoms with E-state index in [1.165, 1.54) is 12.0 Å². The molecule has 0 aromatic heterocycles. The number of carbonyl (C=O) groups is 4.